The van der Waals surface area contributed by atoms with Crippen LogP contribution < -0.4 is 0 Å². The first-order valence-corrected chi connectivity index (χ1v) is 6.76. The van der Waals surface area contributed by atoms with E-state index < -0.39 is 0 Å². The summed E-state index contributed by atoms with van der Waals surface area (Å²) in [6.45, 7) is 8.03. The van der Waals surface area contributed by atoms with Crippen molar-refractivity contribution in [3.05, 3.63) is 46.4 Å². The SMILES string of the molecule is Cc1c(Cl)nc(C(C)(C)C)nc1-c1cccc(C#N)c1. The summed E-state index contributed by atoms with van der Waals surface area (Å²) in [4.78, 5) is 9.01. The Hall–Kier alpha value is -1.92. The summed E-state index contributed by atoms with van der Waals surface area (Å²) in [6.07, 6.45) is 0. The average Bonchev–Trinajstić information content (AvgIpc) is 2.40. The molecule has 0 aliphatic heterocycles. The van der Waals surface area contributed by atoms with Crippen LogP contribution in [0.1, 0.15) is 37.7 Å². The quantitative estimate of drug-likeness (QED) is 0.735. The second-order valence-electron chi connectivity index (χ2n) is 5.75. The third-order valence-electron chi connectivity index (χ3n) is 3.02. The highest BCUT2D eigenvalue weighted by Crippen LogP contribution is 2.29. The van der Waals surface area contributed by atoms with Gasteiger partial charge in [-0.25, -0.2) is 9.97 Å². The average molecular weight is 286 g/mol. The van der Waals surface area contributed by atoms with Gasteiger partial charge in [0, 0.05) is 16.5 Å². The van der Waals surface area contributed by atoms with Crippen molar-refractivity contribution in [2.24, 2.45) is 0 Å². The lowest BCUT2D eigenvalue weighted by Crippen LogP contribution is -2.17. The normalized spacial score (nSPS) is 11.2. The molecule has 0 bridgehead atoms. The van der Waals surface area contributed by atoms with Crippen LogP contribution >= 0.6 is 11.6 Å². The van der Waals surface area contributed by atoms with E-state index in [0.29, 0.717) is 16.5 Å². The van der Waals surface area contributed by atoms with E-state index in [1.165, 1.54) is 0 Å². The van der Waals surface area contributed by atoms with Crippen molar-refractivity contribution in [1.29, 1.82) is 5.26 Å². The highest BCUT2D eigenvalue weighted by molar-refractivity contribution is 6.30. The minimum Gasteiger partial charge on any atom is -0.232 e. The molecular weight excluding hydrogens is 270 g/mol. The van der Waals surface area contributed by atoms with Crippen LogP contribution in [0.2, 0.25) is 5.15 Å². The van der Waals surface area contributed by atoms with Gasteiger partial charge in [0.25, 0.3) is 0 Å². The standard InChI is InChI=1S/C16H16ClN3/c1-10-13(12-7-5-6-11(8-12)9-18)19-15(16(2,3)4)20-14(10)17/h5-8H,1-4H3. The Morgan fingerprint density at radius 1 is 1.20 bits per heavy atom. The van der Waals surface area contributed by atoms with Crippen LogP contribution in [0.4, 0.5) is 0 Å². The molecule has 0 radical (unpaired) electrons. The highest BCUT2D eigenvalue weighted by atomic mass is 35.5. The first-order valence-electron chi connectivity index (χ1n) is 6.38. The van der Waals surface area contributed by atoms with Gasteiger partial charge < -0.3 is 0 Å². The van der Waals surface area contributed by atoms with Crippen molar-refractivity contribution >= 4 is 11.6 Å². The maximum absolute atomic E-state index is 9.01. The summed E-state index contributed by atoms with van der Waals surface area (Å²) in [7, 11) is 0. The first-order chi connectivity index (χ1) is 9.32. The summed E-state index contributed by atoms with van der Waals surface area (Å²) in [6, 6.07) is 9.50. The van der Waals surface area contributed by atoms with E-state index in [9.17, 15) is 0 Å². The van der Waals surface area contributed by atoms with Crippen molar-refractivity contribution in [2.45, 2.75) is 33.1 Å². The van der Waals surface area contributed by atoms with Gasteiger partial charge in [0.2, 0.25) is 0 Å². The van der Waals surface area contributed by atoms with Gasteiger partial charge in [-0.1, -0.05) is 44.5 Å². The van der Waals surface area contributed by atoms with Gasteiger partial charge in [-0.05, 0) is 19.1 Å². The number of rotatable bonds is 1. The van der Waals surface area contributed by atoms with Crippen molar-refractivity contribution < 1.29 is 0 Å². The van der Waals surface area contributed by atoms with Crippen molar-refractivity contribution in [3.63, 3.8) is 0 Å². The van der Waals surface area contributed by atoms with Crippen LogP contribution in [0, 0.1) is 18.3 Å². The molecule has 20 heavy (non-hydrogen) atoms. The predicted molar refractivity (Wildman–Crippen MR) is 80.6 cm³/mol. The van der Waals surface area contributed by atoms with E-state index in [4.69, 9.17) is 16.9 Å². The van der Waals surface area contributed by atoms with Gasteiger partial charge in [0.15, 0.2) is 0 Å². The largest absolute Gasteiger partial charge is 0.232 e. The Labute approximate surface area is 124 Å². The molecule has 0 saturated carbocycles. The van der Waals surface area contributed by atoms with Gasteiger partial charge in [0.1, 0.15) is 11.0 Å². The number of benzene rings is 1. The van der Waals surface area contributed by atoms with Crippen LogP contribution in [0.5, 0.6) is 0 Å². The molecule has 2 aromatic rings. The van der Waals surface area contributed by atoms with Gasteiger partial charge in [-0.3, -0.25) is 0 Å². The molecule has 0 unspecified atom stereocenters. The number of aromatic nitrogens is 2. The van der Waals surface area contributed by atoms with Gasteiger partial charge in [-0.15, -0.1) is 0 Å². The smallest absolute Gasteiger partial charge is 0.136 e. The molecule has 0 N–H and O–H groups in total. The lowest BCUT2D eigenvalue weighted by atomic mass is 9.95. The zero-order chi connectivity index (χ0) is 14.9. The number of nitriles is 1. The lowest BCUT2D eigenvalue weighted by Gasteiger charge is -2.19. The van der Waals surface area contributed by atoms with Crippen LogP contribution in [0.15, 0.2) is 24.3 Å². The number of halogens is 1. The molecule has 1 heterocycles. The topological polar surface area (TPSA) is 49.6 Å². The fourth-order valence-corrected chi connectivity index (χ4v) is 2.01. The fraction of sp³-hybridized carbons (Fsp3) is 0.312. The van der Waals surface area contributed by atoms with Crippen LogP contribution in [0.3, 0.4) is 0 Å². The third-order valence-corrected chi connectivity index (χ3v) is 3.39. The van der Waals surface area contributed by atoms with Crippen LogP contribution in [-0.4, -0.2) is 9.97 Å². The molecule has 0 aliphatic rings. The molecule has 1 aromatic carbocycles. The predicted octanol–water partition coefficient (Wildman–Crippen LogP) is 4.27. The summed E-state index contributed by atoms with van der Waals surface area (Å²) in [5.41, 5.74) is 2.92. The lowest BCUT2D eigenvalue weighted by molar-refractivity contribution is 0.545. The zero-order valence-corrected chi connectivity index (χ0v) is 12.8. The van der Waals surface area contributed by atoms with E-state index in [1.807, 2.05) is 45.9 Å². The Morgan fingerprint density at radius 2 is 1.90 bits per heavy atom. The van der Waals surface area contributed by atoms with E-state index in [2.05, 4.69) is 16.0 Å². The molecule has 0 atom stereocenters. The Morgan fingerprint density at radius 3 is 2.50 bits per heavy atom. The number of hydrogen-bond acceptors (Lipinski definition) is 3. The third kappa shape index (κ3) is 2.81. The second kappa shape index (κ2) is 5.22. The molecule has 0 amide bonds. The first kappa shape index (κ1) is 14.5. The van der Waals surface area contributed by atoms with E-state index in [0.717, 1.165) is 16.8 Å². The fourth-order valence-electron chi connectivity index (χ4n) is 1.84. The zero-order valence-electron chi connectivity index (χ0n) is 12.0. The molecule has 0 aliphatic carbocycles. The number of hydrogen-bond donors (Lipinski definition) is 0. The van der Waals surface area contributed by atoms with E-state index in [1.54, 1.807) is 6.07 Å². The van der Waals surface area contributed by atoms with E-state index >= 15 is 0 Å². The molecule has 0 spiro atoms. The Bertz CT molecular complexity index is 694. The molecule has 1 aromatic heterocycles. The van der Waals surface area contributed by atoms with Crippen molar-refractivity contribution in [2.75, 3.05) is 0 Å². The molecule has 4 heteroatoms. The molecule has 0 fully saturated rings. The van der Waals surface area contributed by atoms with Crippen molar-refractivity contribution in [3.8, 4) is 17.3 Å². The van der Waals surface area contributed by atoms with Crippen LogP contribution in [-0.2, 0) is 5.41 Å². The summed E-state index contributed by atoms with van der Waals surface area (Å²) in [5.74, 6) is 0.700. The summed E-state index contributed by atoms with van der Waals surface area (Å²) >= 11 is 6.23. The van der Waals surface area contributed by atoms with Gasteiger partial charge in [-0.2, -0.15) is 5.26 Å². The monoisotopic (exact) mass is 285 g/mol. The molecule has 102 valence electrons. The molecule has 0 saturated heterocycles. The Kier molecular flexibility index (Phi) is 3.78. The summed E-state index contributed by atoms with van der Waals surface area (Å²) < 4.78 is 0. The molecule has 3 nitrogen and oxygen atoms in total. The molecular formula is C16H16ClN3. The van der Waals surface area contributed by atoms with Crippen LogP contribution in [0.25, 0.3) is 11.3 Å². The maximum atomic E-state index is 9.01. The van der Waals surface area contributed by atoms with Gasteiger partial charge >= 0.3 is 0 Å². The number of nitrogens with zero attached hydrogens (tertiary/aromatic N) is 3. The minimum atomic E-state index is -0.182. The summed E-state index contributed by atoms with van der Waals surface area (Å²) in [5, 5.41) is 9.47. The maximum Gasteiger partial charge on any atom is 0.136 e. The second-order valence-corrected chi connectivity index (χ2v) is 6.11. The molecule has 2 rings (SSSR count). The Balaban J connectivity index is 2.67. The van der Waals surface area contributed by atoms with Gasteiger partial charge in [0.05, 0.1) is 17.3 Å². The van der Waals surface area contributed by atoms with E-state index in [-0.39, 0.29) is 5.41 Å². The highest BCUT2D eigenvalue weighted by Gasteiger charge is 2.21. The van der Waals surface area contributed by atoms with Crippen molar-refractivity contribution in [1.82, 2.24) is 9.97 Å². The minimum absolute atomic E-state index is 0.182.